The average Bonchev–Trinajstić information content (AvgIpc) is 2.46. The normalized spacial score (nSPS) is 19.4. The number of nitrogens with zero attached hydrogens (tertiary/aromatic N) is 2. The van der Waals surface area contributed by atoms with Gasteiger partial charge >= 0.3 is 6.09 Å². The molecule has 1 aliphatic rings. The number of carbonyl (C=O) groups excluding carboxylic acids is 1. The first-order valence-corrected chi connectivity index (χ1v) is 8.74. The average molecular weight is 316 g/mol. The molecule has 5 nitrogen and oxygen atoms in total. The summed E-state index contributed by atoms with van der Waals surface area (Å²) >= 11 is 0. The lowest BCUT2D eigenvalue weighted by Gasteiger charge is -2.42. The highest BCUT2D eigenvalue weighted by atomic mass is 16.6. The number of hydrogen-bond donors (Lipinski definition) is 0. The second-order valence-electron chi connectivity index (χ2n) is 6.30. The first-order valence-electron chi connectivity index (χ1n) is 8.74. The van der Waals surface area contributed by atoms with Gasteiger partial charge < -0.3 is 9.47 Å². The van der Waals surface area contributed by atoms with Crippen molar-refractivity contribution in [3.05, 3.63) is 0 Å². The first-order chi connectivity index (χ1) is 10.4. The molecule has 1 atom stereocenters. The number of amides is 1. The largest absolute Gasteiger partial charge is 0.443 e. The molecule has 5 heteroatoms. The van der Waals surface area contributed by atoms with E-state index in [1.165, 1.54) is 0 Å². The van der Waals surface area contributed by atoms with Gasteiger partial charge in [0.1, 0.15) is 5.60 Å². The van der Waals surface area contributed by atoms with Crippen LogP contribution in [0.15, 0.2) is 0 Å². The summed E-state index contributed by atoms with van der Waals surface area (Å²) in [4.78, 5) is 12.2. The third-order valence-electron chi connectivity index (χ3n) is 3.06. The number of rotatable bonds is 5. The molecule has 22 heavy (non-hydrogen) atoms. The van der Waals surface area contributed by atoms with Gasteiger partial charge in [-0.1, -0.05) is 27.7 Å². The molecule has 1 amide bonds. The second-order valence-corrected chi connectivity index (χ2v) is 6.30. The van der Waals surface area contributed by atoms with Crippen LogP contribution in [0.3, 0.4) is 0 Å². The molecule has 0 saturated carbocycles. The number of hydrazine groups is 1. The highest BCUT2D eigenvalue weighted by molar-refractivity contribution is 5.67. The molecular weight excluding hydrogens is 280 g/mol. The van der Waals surface area contributed by atoms with Crippen molar-refractivity contribution in [1.29, 1.82) is 0 Å². The zero-order valence-electron chi connectivity index (χ0n) is 15.6. The van der Waals surface area contributed by atoms with E-state index in [1.54, 1.807) is 5.01 Å². The molecule has 1 fully saturated rings. The van der Waals surface area contributed by atoms with Gasteiger partial charge in [-0.15, -0.1) is 0 Å². The van der Waals surface area contributed by atoms with Crippen molar-refractivity contribution in [3.8, 4) is 0 Å². The van der Waals surface area contributed by atoms with Gasteiger partial charge in [-0.3, -0.25) is 0 Å². The van der Waals surface area contributed by atoms with E-state index in [0.717, 1.165) is 39.0 Å². The molecule has 1 aliphatic heterocycles. The van der Waals surface area contributed by atoms with Gasteiger partial charge in [0.25, 0.3) is 0 Å². The van der Waals surface area contributed by atoms with Crippen LogP contribution in [0.2, 0.25) is 0 Å². The van der Waals surface area contributed by atoms with Crippen LogP contribution in [0.1, 0.15) is 67.7 Å². The minimum Gasteiger partial charge on any atom is -0.443 e. The Morgan fingerprint density at radius 2 is 1.82 bits per heavy atom. The summed E-state index contributed by atoms with van der Waals surface area (Å²) in [5.74, 6) is 0. The quantitative estimate of drug-likeness (QED) is 0.766. The van der Waals surface area contributed by atoms with Crippen molar-refractivity contribution >= 4 is 6.09 Å². The zero-order valence-corrected chi connectivity index (χ0v) is 15.6. The molecule has 132 valence electrons. The zero-order chi connectivity index (χ0) is 17.2. The molecule has 0 spiro atoms. The van der Waals surface area contributed by atoms with Gasteiger partial charge in [0.05, 0.1) is 6.10 Å². The molecular formula is C17H36N2O3. The fraction of sp³-hybridized carbons (Fsp3) is 0.941. The maximum Gasteiger partial charge on any atom is 0.424 e. The predicted octanol–water partition coefficient (Wildman–Crippen LogP) is 4.08. The second kappa shape index (κ2) is 10.8. The van der Waals surface area contributed by atoms with E-state index in [2.05, 4.69) is 18.9 Å². The number of hydrogen-bond acceptors (Lipinski definition) is 4. The molecule has 0 unspecified atom stereocenters. The Hall–Kier alpha value is -0.810. The van der Waals surface area contributed by atoms with Crippen molar-refractivity contribution in [2.45, 2.75) is 79.4 Å². The third-order valence-corrected chi connectivity index (χ3v) is 3.06. The maximum atomic E-state index is 12.2. The van der Waals surface area contributed by atoms with E-state index < -0.39 is 5.60 Å². The van der Waals surface area contributed by atoms with Crippen LogP contribution in [0.5, 0.6) is 0 Å². The van der Waals surface area contributed by atoms with Gasteiger partial charge in [-0.2, -0.15) is 0 Å². The standard InChI is InChI=1S/C15H30N2O3.C2H6/c1-6-9-16-12-13(19-11-7-2)8-10-17(16)14(18)20-15(3,4)5;1-2/h13H,6-12H2,1-5H3;1-2H3/t13-;/m0./s1. The van der Waals surface area contributed by atoms with Crippen molar-refractivity contribution in [3.63, 3.8) is 0 Å². The molecule has 0 aromatic heterocycles. The monoisotopic (exact) mass is 316 g/mol. The van der Waals surface area contributed by atoms with Crippen molar-refractivity contribution in [2.24, 2.45) is 0 Å². The van der Waals surface area contributed by atoms with Crippen LogP contribution in [0.4, 0.5) is 4.79 Å². The lowest BCUT2D eigenvalue weighted by atomic mass is 10.2. The topological polar surface area (TPSA) is 42.0 Å². The molecule has 0 bridgehead atoms. The maximum absolute atomic E-state index is 12.2. The van der Waals surface area contributed by atoms with Crippen molar-refractivity contribution < 1.29 is 14.3 Å². The summed E-state index contributed by atoms with van der Waals surface area (Å²) < 4.78 is 11.3. The number of ether oxygens (including phenoxy) is 2. The molecule has 0 aromatic carbocycles. The van der Waals surface area contributed by atoms with E-state index in [0.29, 0.717) is 6.54 Å². The first kappa shape index (κ1) is 21.2. The molecule has 0 N–H and O–H groups in total. The Labute approximate surface area is 136 Å². The van der Waals surface area contributed by atoms with Crippen LogP contribution in [-0.2, 0) is 9.47 Å². The van der Waals surface area contributed by atoms with Gasteiger partial charge in [0.15, 0.2) is 0 Å². The molecule has 0 aromatic rings. The van der Waals surface area contributed by atoms with Crippen molar-refractivity contribution in [1.82, 2.24) is 10.0 Å². The Morgan fingerprint density at radius 1 is 1.18 bits per heavy atom. The van der Waals surface area contributed by atoms with E-state index in [1.807, 2.05) is 34.6 Å². The van der Waals surface area contributed by atoms with Crippen LogP contribution in [-0.4, -0.2) is 54.1 Å². The Balaban J connectivity index is 0.00000211. The van der Waals surface area contributed by atoms with Crippen LogP contribution in [0, 0.1) is 0 Å². The Morgan fingerprint density at radius 3 is 2.32 bits per heavy atom. The minimum absolute atomic E-state index is 0.222. The molecule has 0 aliphatic carbocycles. The van der Waals surface area contributed by atoms with E-state index in [-0.39, 0.29) is 12.2 Å². The lowest BCUT2D eigenvalue weighted by molar-refractivity contribution is -0.110. The Kier molecular flexibility index (Phi) is 10.4. The van der Waals surface area contributed by atoms with E-state index >= 15 is 0 Å². The molecule has 0 radical (unpaired) electrons. The van der Waals surface area contributed by atoms with Gasteiger partial charge in [-0.25, -0.2) is 14.8 Å². The summed E-state index contributed by atoms with van der Waals surface area (Å²) in [7, 11) is 0. The highest BCUT2D eigenvalue weighted by Gasteiger charge is 2.32. The van der Waals surface area contributed by atoms with Gasteiger partial charge in [0, 0.05) is 26.2 Å². The molecule has 1 rings (SSSR count). The highest BCUT2D eigenvalue weighted by Crippen LogP contribution is 2.18. The van der Waals surface area contributed by atoms with E-state index in [4.69, 9.17) is 9.47 Å². The summed E-state index contributed by atoms with van der Waals surface area (Å²) in [6, 6.07) is 0. The molecule has 1 saturated heterocycles. The Bertz CT molecular complexity index is 303. The van der Waals surface area contributed by atoms with Crippen LogP contribution in [0.25, 0.3) is 0 Å². The van der Waals surface area contributed by atoms with Gasteiger partial charge in [0.2, 0.25) is 0 Å². The number of carbonyl (C=O) groups is 1. The smallest absolute Gasteiger partial charge is 0.424 e. The van der Waals surface area contributed by atoms with E-state index in [9.17, 15) is 4.79 Å². The molecule has 1 heterocycles. The summed E-state index contributed by atoms with van der Waals surface area (Å²) in [6.07, 6.45) is 2.87. The fourth-order valence-corrected chi connectivity index (χ4v) is 2.24. The van der Waals surface area contributed by atoms with Crippen LogP contribution >= 0.6 is 0 Å². The minimum atomic E-state index is -0.454. The summed E-state index contributed by atoms with van der Waals surface area (Å²) in [5.41, 5.74) is -0.454. The van der Waals surface area contributed by atoms with Crippen LogP contribution < -0.4 is 0 Å². The van der Waals surface area contributed by atoms with Gasteiger partial charge in [-0.05, 0) is 40.0 Å². The van der Waals surface area contributed by atoms with Crippen molar-refractivity contribution in [2.75, 3.05) is 26.2 Å². The predicted molar refractivity (Wildman–Crippen MR) is 90.8 cm³/mol. The third kappa shape index (κ3) is 7.99. The SMILES string of the molecule is CC.CCCO[C@H]1CCN(C(=O)OC(C)(C)C)N(CCC)C1. The summed E-state index contributed by atoms with van der Waals surface area (Å²) in [5, 5.41) is 3.80. The summed E-state index contributed by atoms with van der Waals surface area (Å²) in [6.45, 7) is 17.0. The fourth-order valence-electron chi connectivity index (χ4n) is 2.24. The lowest BCUT2D eigenvalue weighted by Crippen LogP contribution is -2.56.